The third-order valence-corrected chi connectivity index (χ3v) is 2.87. The molecule has 0 aliphatic carbocycles. The van der Waals surface area contributed by atoms with E-state index in [1.54, 1.807) is 12.1 Å². The SMILES string of the molecule is CC(C)(C)OC(=O)c1ccccc1C1(C)OCCO1. The van der Waals surface area contributed by atoms with Gasteiger partial charge in [0.05, 0.1) is 18.8 Å². The number of carbonyl (C=O) groups excluding carboxylic acids is 1. The monoisotopic (exact) mass is 264 g/mol. The number of hydrogen-bond acceptors (Lipinski definition) is 4. The van der Waals surface area contributed by atoms with Gasteiger partial charge in [-0.3, -0.25) is 0 Å². The van der Waals surface area contributed by atoms with E-state index in [9.17, 15) is 4.79 Å². The Balaban J connectivity index is 2.34. The second-order valence-electron chi connectivity index (χ2n) is 5.69. The van der Waals surface area contributed by atoms with Crippen LogP contribution >= 0.6 is 0 Å². The molecule has 0 spiro atoms. The highest BCUT2D eigenvalue weighted by molar-refractivity contribution is 5.91. The van der Waals surface area contributed by atoms with Crippen LogP contribution in [0.4, 0.5) is 0 Å². The van der Waals surface area contributed by atoms with Crippen molar-refractivity contribution in [2.75, 3.05) is 13.2 Å². The van der Waals surface area contributed by atoms with E-state index in [1.807, 2.05) is 39.8 Å². The van der Waals surface area contributed by atoms with Crippen LogP contribution in [-0.2, 0) is 20.0 Å². The lowest BCUT2D eigenvalue weighted by Crippen LogP contribution is -2.29. The molecule has 0 radical (unpaired) electrons. The van der Waals surface area contributed by atoms with Gasteiger partial charge in [-0.2, -0.15) is 0 Å². The third-order valence-electron chi connectivity index (χ3n) is 2.87. The van der Waals surface area contributed by atoms with E-state index in [1.165, 1.54) is 0 Å². The van der Waals surface area contributed by atoms with Crippen molar-refractivity contribution in [3.8, 4) is 0 Å². The normalized spacial score (nSPS) is 18.3. The lowest BCUT2D eigenvalue weighted by atomic mass is 10.0. The summed E-state index contributed by atoms with van der Waals surface area (Å²) in [5.74, 6) is -1.23. The zero-order valence-corrected chi connectivity index (χ0v) is 11.9. The van der Waals surface area contributed by atoms with Gasteiger partial charge in [0.15, 0.2) is 5.79 Å². The van der Waals surface area contributed by atoms with Gasteiger partial charge in [-0.25, -0.2) is 4.79 Å². The van der Waals surface area contributed by atoms with E-state index in [0.29, 0.717) is 24.3 Å². The molecule has 0 atom stereocenters. The van der Waals surface area contributed by atoms with Crippen molar-refractivity contribution >= 4 is 5.97 Å². The summed E-state index contributed by atoms with van der Waals surface area (Å²) in [6.45, 7) is 8.41. The highest BCUT2D eigenvalue weighted by Crippen LogP contribution is 2.33. The summed E-state index contributed by atoms with van der Waals surface area (Å²) in [6, 6.07) is 7.24. The molecule has 1 fully saturated rings. The maximum Gasteiger partial charge on any atom is 0.339 e. The van der Waals surface area contributed by atoms with Crippen molar-refractivity contribution < 1.29 is 19.0 Å². The van der Waals surface area contributed by atoms with Gasteiger partial charge in [-0.15, -0.1) is 0 Å². The van der Waals surface area contributed by atoms with E-state index in [2.05, 4.69) is 0 Å². The number of ether oxygens (including phenoxy) is 3. The summed E-state index contributed by atoms with van der Waals surface area (Å²) in [5, 5.41) is 0. The van der Waals surface area contributed by atoms with Gasteiger partial charge in [-0.05, 0) is 33.8 Å². The van der Waals surface area contributed by atoms with Gasteiger partial charge in [-0.1, -0.05) is 18.2 Å². The highest BCUT2D eigenvalue weighted by Gasteiger charge is 2.37. The van der Waals surface area contributed by atoms with Crippen LogP contribution in [0.25, 0.3) is 0 Å². The fraction of sp³-hybridized carbons (Fsp3) is 0.533. The van der Waals surface area contributed by atoms with Crippen molar-refractivity contribution in [2.24, 2.45) is 0 Å². The van der Waals surface area contributed by atoms with Gasteiger partial charge in [0.1, 0.15) is 5.60 Å². The van der Waals surface area contributed by atoms with Gasteiger partial charge in [0.25, 0.3) is 0 Å². The Morgan fingerprint density at radius 2 is 1.79 bits per heavy atom. The Bertz CT molecular complexity index is 467. The van der Waals surface area contributed by atoms with Crippen LogP contribution in [0.3, 0.4) is 0 Å². The van der Waals surface area contributed by atoms with Crippen molar-refractivity contribution in [2.45, 2.75) is 39.1 Å². The van der Waals surface area contributed by atoms with Gasteiger partial charge in [0.2, 0.25) is 0 Å². The Labute approximate surface area is 113 Å². The van der Waals surface area contributed by atoms with Crippen molar-refractivity contribution in [3.05, 3.63) is 35.4 Å². The number of carbonyl (C=O) groups is 1. The van der Waals surface area contributed by atoms with Gasteiger partial charge < -0.3 is 14.2 Å². The summed E-state index contributed by atoms with van der Waals surface area (Å²) in [7, 11) is 0. The van der Waals surface area contributed by atoms with Crippen LogP contribution < -0.4 is 0 Å². The molecule has 1 aromatic rings. The molecular weight excluding hydrogens is 244 g/mol. The van der Waals surface area contributed by atoms with Gasteiger partial charge >= 0.3 is 5.97 Å². The van der Waals surface area contributed by atoms with Crippen molar-refractivity contribution in [1.29, 1.82) is 0 Å². The molecule has 0 amide bonds. The first-order chi connectivity index (χ1) is 8.82. The molecule has 0 N–H and O–H groups in total. The summed E-state index contributed by atoms with van der Waals surface area (Å²) >= 11 is 0. The van der Waals surface area contributed by atoms with Crippen LogP contribution in [0.5, 0.6) is 0 Å². The van der Waals surface area contributed by atoms with E-state index < -0.39 is 11.4 Å². The molecule has 0 aromatic heterocycles. The maximum absolute atomic E-state index is 12.2. The van der Waals surface area contributed by atoms with Crippen LogP contribution in [0.1, 0.15) is 43.6 Å². The number of hydrogen-bond donors (Lipinski definition) is 0. The van der Waals surface area contributed by atoms with Crippen LogP contribution in [0.15, 0.2) is 24.3 Å². The molecule has 1 aliphatic heterocycles. The molecule has 19 heavy (non-hydrogen) atoms. The average molecular weight is 264 g/mol. The Morgan fingerprint density at radius 1 is 1.21 bits per heavy atom. The topological polar surface area (TPSA) is 44.8 Å². The average Bonchev–Trinajstić information content (AvgIpc) is 2.75. The molecule has 1 aliphatic rings. The molecule has 1 heterocycles. The molecule has 0 bridgehead atoms. The standard InChI is InChI=1S/C15H20O4/c1-14(2,3)19-13(16)11-7-5-6-8-12(11)15(4)17-9-10-18-15/h5-8H,9-10H2,1-4H3. The lowest BCUT2D eigenvalue weighted by Gasteiger charge is -2.26. The summed E-state index contributed by atoms with van der Waals surface area (Å²) in [4.78, 5) is 12.2. The van der Waals surface area contributed by atoms with Crippen molar-refractivity contribution in [1.82, 2.24) is 0 Å². The molecule has 1 saturated heterocycles. The molecule has 104 valence electrons. The lowest BCUT2D eigenvalue weighted by molar-refractivity contribution is -0.150. The predicted molar refractivity (Wildman–Crippen MR) is 70.9 cm³/mol. The fourth-order valence-electron chi connectivity index (χ4n) is 2.06. The smallest absolute Gasteiger partial charge is 0.339 e. The number of rotatable bonds is 2. The summed E-state index contributed by atoms with van der Waals surface area (Å²) in [5.41, 5.74) is 0.672. The first kappa shape index (κ1) is 14.0. The van der Waals surface area contributed by atoms with Crippen LogP contribution in [-0.4, -0.2) is 24.8 Å². The van der Waals surface area contributed by atoms with Crippen LogP contribution in [0.2, 0.25) is 0 Å². The minimum Gasteiger partial charge on any atom is -0.456 e. The largest absolute Gasteiger partial charge is 0.456 e. The fourth-order valence-corrected chi connectivity index (χ4v) is 2.06. The minimum atomic E-state index is -0.868. The predicted octanol–water partition coefficient (Wildman–Crippen LogP) is 2.86. The third kappa shape index (κ3) is 3.14. The Hall–Kier alpha value is -1.39. The quantitative estimate of drug-likeness (QED) is 0.770. The molecule has 2 rings (SSSR count). The second-order valence-corrected chi connectivity index (χ2v) is 5.69. The molecular formula is C15H20O4. The summed E-state index contributed by atoms with van der Waals surface area (Å²) in [6.07, 6.45) is 0. The number of esters is 1. The highest BCUT2D eigenvalue weighted by atomic mass is 16.7. The minimum absolute atomic E-state index is 0.358. The molecule has 1 aromatic carbocycles. The van der Waals surface area contributed by atoms with E-state index >= 15 is 0 Å². The molecule has 4 heteroatoms. The first-order valence-corrected chi connectivity index (χ1v) is 6.43. The van der Waals surface area contributed by atoms with Crippen LogP contribution in [0, 0.1) is 0 Å². The second kappa shape index (κ2) is 4.94. The maximum atomic E-state index is 12.2. The van der Waals surface area contributed by atoms with E-state index in [-0.39, 0.29) is 5.97 Å². The Morgan fingerprint density at radius 3 is 2.37 bits per heavy atom. The molecule has 0 unspecified atom stereocenters. The Kier molecular flexibility index (Phi) is 3.65. The van der Waals surface area contributed by atoms with Crippen molar-refractivity contribution in [3.63, 3.8) is 0 Å². The molecule has 4 nitrogen and oxygen atoms in total. The molecule has 0 saturated carbocycles. The number of benzene rings is 1. The van der Waals surface area contributed by atoms with E-state index in [0.717, 1.165) is 0 Å². The zero-order valence-electron chi connectivity index (χ0n) is 11.9. The van der Waals surface area contributed by atoms with Gasteiger partial charge in [0, 0.05) is 5.56 Å². The first-order valence-electron chi connectivity index (χ1n) is 6.43. The zero-order chi connectivity index (χ0) is 14.1. The van der Waals surface area contributed by atoms with E-state index in [4.69, 9.17) is 14.2 Å². The summed E-state index contributed by atoms with van der Waals surface area (Å²) < 4.78 is 16.7.